The van der Waals surface area contributed by atoms with Gasteiger partial charge in [-0.15, -0.1) is 0 Å². The predicted octanol–water partition coefficient (Wildman–Crippen LogP) is 2.24. The van der Waals surface area contributed by atoms with Crippen molar-refractivity contribution in [2.75, 3.05) is 26.5 Å². The lowest BCUT2D eigenvalue weighted by Gasteiger charge is -2.64. The van der Waals surface area contributed by atoms with Gasteiger partial charge in [0.15, 0.2) is 0 Å². The molecule has 5 unspecified atom stereocenters. The highest BCUT2D eigenvalue weighted by Gasteiger charge is 2.59. The van der Waals surface area contributed by atoms with Gasteiger partial charge in [-0.2, -0.15) is 0 Å². The van der Waals surface area contributed by atoms with E-state index in [-0.39, 0.29) is 0 Å². The molecule has 0 amide bonds. The second kappa shape index (κ2) is 4.71. The summed E-state index contributed by atoms with van der Waals surface area (Å²) in [6.45, 7) is 3.43. The van der Waals surface area contributed by atoms with Crippen molar-refractivity contribution in [2.24, 2.45) is 23.2 Å². The molecule has 3 nitrogen and oxygen atoms in total. The molecule has 2 heterocycles. The van der Waals surface area contributed by atoms with Crippen molar-refractivity contribution >= 4 is 0 Å². The van der Waals surface area contributed by atoms with E-state index >= 15 is 0 Å². The smallest absolute Gasteiger partial charge is 0.0993 e. The highest BCUT2D eigenvalue weighted by atomic mass is 16.5. The summed E-state index contributed by atoms with van der Waals surface area (Å²) >= 11 is 0. The van der Waals surface area contributed by atoms with Crippen molar-refractivity contribution in [3.63, 3.8) is 0 Å². The van der Waals surface area contributed by atoms with Gasteiger partial charge in [-0.05, 0) is 55.3 Å². The van der Waals surface area contributed by atoms with Crippen LogP contribution < -0.4 is 0 Å². The SMILES string of the molecule is OCC1CC2COCN3CCCC4(CCCCC14)C23. The zero-order valence-corrected chi connectivity index (χ0v) is 11.9. The van der Waals surface area contributed by atoms with Gasteiger partial charge in [-0.3, -0.25) is 4.90 Å². The Bertz CT molecular complexity index is 342. The van der Waals surface area contributed by atoms with Crippen LogP contribution >= 0.6 is 0 Å². The Morgan fingerprint density at radius 3 is 3.00 bits per heavy atom. The lowest BCUT2D eigenvalue weighted by Crippen LogP contribution is -2.66. The fourth-order valence-electron chi connectivity index (χ4n) is 6.21. The number of aliphatic hydroxyl groups is 1. The maximum absolute atomic E-state index is 9.86. The van der Waals surface area contributed by atoms with E-state index in [4.69, 9.17) is 4.74 Å². The van der Waals surface area contributed by atoms with Crippen LogP contribution in [0.4, 0.5) is 0 Å². The van der Waals surface area contributed by atoms with Gasteiger partial charge in [-0.1, -0.05) is 12.8 Å². The number of nitrogens with zero attached hydrogens (tertiary/aromatic N) is 1. The molecule has 0 aromatic heterocycles. The summed E-state index contributed by atoms with van der Waals surface area (Å²) in [6, 6.07) is 0.767. The van der Waals surface area contributed by atoms with Crippen molar-refractivity contribution in [3.05, 3.63) is 0 Å². The summed E-state index contributed by atoms with van der Waals surface area (Å²) in [5.41, 5.74) is 0.524. The van der Waals surface area contributed by atoms with Crippen LogP contribution in [-0.4, -0.2) is 42.5 Å². The van der Waals surface area contributed by atoms with Gasteiger partial charge in [0.05, 0.1) is 13.3 Å². The molecule has 2 saturated heterocycles. The van der Waals surface area contributed by atoms with Crippen LogP contribution in [0.3, 0.4) is 0 Å². The first-order valence-electron chi connectivity index (χ1n) is 8.28. The van der Waals surface area contributed by atoms with Crippen LogP contribution in [0.2, 0.25) is 0 Å². The molecular formula is C16H27NO2. The van der Waals surface area contributed by atoms with Crippen molar-refractivity contribution in [3.8, 4) is 0 Å². The lowest BCUT2D eigenvalue weighted by atomic mass is 9.48. The van der Waals surface area contributed by atoms with E-state index in [2.05, 4.69) is 4.90 Å². The molecule has 1 N–H and O–H groups in total. The van der Waals surface area contributed by atoms with Crippen LogP contribution in [0, 0.1) is 23.2 Å². The zero-order valence-electron chi connectivity index (χ0n) is 11.9. The van der Waals surface area contributed by atoms with Gasteiger partial charge >= 0.3 is 0 Å². The standard InChI is InChI=1S/C16H27NO2/c18-9-12-8-13-10-19-11-17-7-3-6-16(15(13)17)5-2-1-4-14(12)16/h12-15,18H,1-11H2. The molecule has 5 atom stereocenters. The minimum Gasteiger partial charge on any atom is -0.396 e. The van der Waals surface area contributed by atoms with E-state index in [1.165, 1.54) is 51.5 Å². The molecule has 0 aromatic rings. The second-order valence-electron chi connectivity index (χ2n) is 7.38. The minimum absolute atomic E-state index is 0.398. The molecule has 2 aliphatic heterocycles. The number of hydrogen-bond acceptors (Lipinski definition) is 3. The maximum atomic E-state index is 9.86. The minimum atomic E-state index is 0.398. The first kappa shape index (κ1) is 12.6. The topological polar surface area (TPSA) is 32.7 Å². The van der Waals surface area contributed by atoms with Gasteiger partial charge in [0.25, 0.3) is 0 Å². The summed E-state index contributed by atoms with van der Waals surface area (Å²) in [4.78, 5) is 2.64. The van der Waals surface area contributed by atoms with E-state index in [1.54, 1.807) is 0 Å². The second-order valence-corrected chi connectivity index (χ2v) is 7.38. The number of ether oxygens (including phenoxy) is 1. The van der Waals surface area contributed by atoms with Crippen molar-refractivity contribution in [2.45, 2.75) is 51.0 Å². The van der Waals surface area contributed by atoms with E-state index < -0.39 is 0 Å². The highest BCUT2D eigenvalue weighted by Crippen LogP contribution is 2.60. The van der Waals surface area contributed by atoms with Gasteiger partial charge in [0.2, 0.25) is 0 Å². The quantitative estimate of drug-likeness (QED) is 0.789. The van der Waals surface area contributed by atoms with Crippen molar-refractivity contribution in [1.29, 1.82) is 0 Å². The number of rotatable bonds is 1. The van der Waals surface area contributed by atoms with Crippen LogP contribution in [0.15, 0.2) is 0 Å². The van der Waals surface area contributed by atoms with E-state index in [9.17, 15) is 5.11 Å². The van der Waals surface area contributed by atoms with E-state index in [0.29, 0.717) is 23.9 Å². The van der Waals surface area contributed by atoms with Gasteiger partial charge in [0.1, 0.15) is 0 Å². The molecule has 19 heavy (non-hydrogen) atoms. The normalized spacial score (nSPS) is 50.4. The molecule has 1 spiro atoms. The third kappa shape index (κ3) is 1.74. The van der Waals surface area contributed by atoms with Crippen LogP contribution in [0.1, 0.15) is 44.9 Å². The van der Waals surface area contributed by atoms with Gasteiger partial charge in [-0.25, -0.2) is 0 Å². The summed E-state index contributed by atoms with van der Waals surface area (Å²) in [7, 11) is 0. The summed E-state index contributed by atoms with van der Waals surface area (Å²) in [6.07, 6.45) is 9.51. The fourth-order valence-corrected chi connectivity index (χ4v) is 6.21. The first-order chi connectivity index (χ1) is 9.35. The van der Waals surface area contributed by atoms with Crippen LogP contribution in [0.5, 0.6) is 0 Å². The monoisotopic (exact) mass is 265 g/mol. The number of piperidine rings is 1. The molecule has 4 fully saturated rings. The predicted molar refractivity (Wildman–Crippen MR) is 73.6 cm³/mol. The summed E-state index contributed by atoms with van der Waals surface area (Å²) in [5, 5.41) is 9.86. The molecular weight excluding hydrogens is 238 g/mol. The molecule has 2 aliphatic carbocycles. The Balaban J connectivity index is 1.73. The summed E-state index contributed by atoms with van der Waals surface area (Å²) in [5.74, 6) is 2.01. The largest absolute Gasteiger partial charge is 0.396 e. The molecule has 0 bridgehead atoms. The third-order valence-electron chi connectivity index (χ3n) is 6.66. The van der Waals surface area contributed by atoms with Gasteiger partial charge in [0, 0.05) is 19.2 Å². The Labute approximate surface area is 116 Å². The highest BCUT2D eigenvalue weighted by molar-refractivity contribution is 5.09. The van der Waals surface area contributed by atoms with Gasteiger partial charge < -0.3 is 9.84 Å². The Morgan fingerprint density at radius 1 is 1.21 bits per heavy atom. The van der Waals surface area contributed by atoms with Crippen molar-refractivity contribution in [1.82, 2.24) is 4.90 Å². The Kier molecular flexibility index (Phi) is 3.13. The third-order valence-corrected chi connectivity index (χ3v) is 6.66. The molecule has 4 aliphatic rings. The van der Waals surface area contributed by atoms with Crippen LogP contribution in [0.25, 0.3) is 0 Å². The average Bonchev–Trinajstić information content (AvgIpc) is 2.46. The Hall–Kier alpha value is -0.120. The average molecular weight is 265 g/mol. The molecule has 3 heteroatoms. The number of hydrogen-bond donors (Lipinski definition) is 1. The summed E-state index contributed by atoms with van der Waals surface area (Å²) < 4.78 is 5.84. The van der Waals surface area contributed by atoms with Crippen LogP contribution in [-0.2, 0) is 4.74 Å². The number of aliphatic hydroxyl groups excluding tert-OH is 1. The molecule has 4 rings (SSSR count). The molecule has 0 aromatic carbocycles. The Morgan fingerprint density at radius 2 is 2.11 bits per heavy atom. The molecule has 108 valence electrons. The lowest BCUT2D eigenvalue weighted by molar-refractivity contribution is -0.207. The molecule has 2 saturated carbocycles. The zero-order chi connectivity index (χ0) is 12.9. The maximum Gasteiger partial charge on any atom is 0.0993 e. The van der Waals surface area contributed by atoms with Crippen molar-refractivity contribution < 1.29 is 9.84 Å². The van der Waals surface area contributed by atoms with E-state index in [1.807, 2.05) is 0 Å². The van der Waals surface area contributed by atoms with E-state index in [0.717, 1.165) is 25.3 Å². The molecule has 0 radical (unpaired) electrons. The fraction of sp³-hybridized carbons (Fsp3) is 1.00. The first-order valence-corrected chi connectivity index (χ1v) is 8.28.